The Morgan fingerprint density at radius 2 is 1.91 bits per heavy atom. The summed E-state index contributed by atoms with van der Waals surface area (Å²) >= 11 is 0. The van der Waals surface area contributed by atoms with Gasteiger partial charge in [-0.15, -0.1) is 0 Å². The summed E-state index contributed by atoms with van der Waals surface area (Å²) in [6.07, 6.45) is 5.11. The minimum absolute atomic E-state index is 0.201. The molecule has 3 aromatic rings. The molecule has 0 unspecified atom stereocenters. The SMILES string of the molecule is CCOP(=O)(Cc1ccc(N/C=C2\C(=O)Nc3ncc(-c4ccco4)cc32)cc1)OCC. The van der Waals surface area contributed by atoms with Crippen molar-refractivity contribution < 1.29 is 22.8 Å². The van der Waals surface area contributed by atoms with Gasteiger partial charge >= 0.3 is 7.60 Å². The molecule has 1 amide bonds. The van der Waals surface area contributed by atoms with Crippen LogP contribution in [0.4, 0.5) is 11.5 Å². The van der Waals surface area contributed by atoms with Crippen molar-refractivity contribution in [3.63, 3.8) is 0 Å². The van der Waals surface area contributed by atoms with Crippen LogP contribution in [0, 0.1) is 0 Å². The fourth-order valence-electron chi connectivity index (χ4n) is 3.40. The van der Waals surface area contributed by atoms with Crippen molar-refractivity contribution >= 4 is 30.6 Å². The normalized spacial score (nSPS) is 14.4. The Balaban J connectivity index is 1.50. The van der Waals surface area contributed by atoms with Crippen LogP contribution in [-0.2, 0) is 24.6 Å². The van der Waals surface area contributed by atoms with Crippen LogP contribution < -0.4 is 10.6 Å². The van der Waals surface area contributed by atoms with E-state index in [9.17, 15) is 9.36 Å². The van der Waals surface area contributed by atoms with Gasteiger partial charge in [0.2, 0.25) is 0 Å². The number of nitrogens with one attached hydrogen (secondary N) is 2. The Bertz CT molecular complexity index is 1160. The number of anilines is 2. The molecule has 1 aromatic carbocycles. The van der Waals surface area contributed by atoms with E-state index in [1.807, 2.05) is 36.4 Å². The maximum atomic E-state index is 12.7. The first-order valence-corrected chi connectivity index (χ1v) is 12.0. The number of benzene rings is 1. The summed E-state index contributed by atoms with van der Waals surface area (Å²) in [7, 11) is -3.16. The molecule has 1 aliphatic rings. The monoisotopic (exact) mass is 453 g/mol. The number of rotatable bonds is 9. The Kier molecular flexibility index (Phi) is 6.55. The number of pyridine rings is 1. The van der Waals surface area contributed by atoms with Gasteiger partial charge in [-0.3, -0.25) is 9.36 Å². The van der Waals surface area contributed by atoms with Gasteiger partial charge in [-0.1, -0.05) is 12.1 Å². The predicted octanol–water partition coefficient (Wildman–Crippen LogP) is 5.51. The van der Waals surface area contributed by atoms with Crippen LogP contribution in [0.5, 0.6) is 0 Å². The molecular formula is C23H24N3O5P. The van der Waals surface area contributed by atoms with E-state index in [1.54, 1.807) is 38.6 Å². The maximum Gasteiger partial charge on any atom is 0.335 e. The molecule has 2 aromatic heterocycles. The predicted molar refractivity (Wildman–Crippen MR) is 123 cm³/mol. The highest BCUT2D eigenvalue weighted by Crippen LogP contribution is 2.51. The number of furan rings is 1. The molecule has 0 fully saturated rings. The van der Waals surface area contributed by atoms with Gasteiger partial charge in [0.15, 0.2) is 0 Å². The molecule has 0 saturated heterocycles. The number of aromatic nitrogens is 1. The van der Waals surface area contributed by atoms with E-state index in [1.165, 1.54) is 0 Å². The molecule has 0 atom stereocenters. The average molecular weight is 453 g/mol. The molecular weight excluding hydrogens is 429 g/mol. The van der Waals surface area contributed by atoms with E-state index in [0.717, 1.165) is 16.8 Å². The van der Waals surface area contributed by atoms with Gasteiger partial charge in [-0.2, -0.15) is 0 Å². The number of fused-ring (bicyclic) bond motifs is 1. The Hall–Kier alpha value is -3.19. The van der Waals surface area contributed by atoms with Gasteiger partial charge in [0.25, 0.3) is 5.91 Å². The van der Waals surface area contributed by atoms with Crippen LogP contribution in [0.15, 0.2) is 65.5 Å². The first kappa shape index (κ1) is 22.0. The number of carbonyl (C=O) groups is 1. The van der Waals surface area contributed by atoms with Crippen molar-refractivity contribution in [2.45, 2.75) is 20.0 Å². The van der Waals surface area contributed by atoms with E-state index in [4.69, 9.17) is 13.5 Å². The molecule has 1 aliphatic heterocycles. The highest BCUT2D eigenvalue weighted by molar-refractivity contribution is 7.53. The minimum Gasteiger partial charge on any atom is -0.464 e. The van der Waals surface area contributed by atoms with Crippen molar-refractivity contribution in [2.24, 2.45) is 0 Å². The molecule has 0 aliphatic carbocycles. The molecule has 2 N–H and O–H groups in total. The van der Waals surface area contributed by atoms with Gasteiger partial charge in [-0.25, -0.2) is 4.98 Å². The summed E-state index contributed by atoms with van der Waals surface area (Å²) in [5.41, 5.74) is 3.57. The topological polar surface area (TPSA) is 103 Å². The van der Waals surface area contributed by atoms with Crippen LogP contribution in [0.2, 0.25) is 0 Å². The molecule has 0 spiro atoms. The van der Waals surface area contributed by atoms with Crippen molar-refractivity contribution in [1.82, 2.24) is 4.98 Å². The fraction of sp³-hybridized carbons (Fsp3) is 0.217. The van der Waals surface area contributed by atoms with E-state index in [2.05, 4.69) is 15.6 Å². The lowest BCUT2D eigenvalue weighted by Gasteiger charge is -2.17. The highest BCUT2D eigenvalue weighted by Gasteiger charge is 2.26. The largest absolute Gasteiger partial charge is 0.464 e. The molecule has 0 radical (unpaired) electrons. The second-order valence-electron chi connectivity index (χ2n) is 7.06. The van der Waals surface area contributed by atoms with Crippen LogP contribution in [0.3, 0.4) is 0 Å². The van der Waals surface area contributed by atoms with E-state index in [0.29, 0.717) is 35.9 Å². The highest BCUT2D eigenvalue weighted by atomic mass is 31.2. The van der Waals surface area contributed by atoms with Crippen molar-refractivity contribution in [3.05, 3.63) is 72.3 Å². The number of hydrogen-bond acceptors (Lipinski definition) is 7. The fourth-order valence-corrected chi connectivity index (χ4v) is 5.10. The van der Waals surface area contributed by atoms with Gasteiger partial charge in [0.05, 0.1) is 31.2 Å². The summed E-state index contributed by atoms with van der Waals surface area (Å²) in [5.74, 6) is 0.956. The van der Waals surface area contributed by atoms with Crippen molar-refractivity contribution in [2.75, 3.05) is 23.8 Å². The van der Waals surface area contributed by atoms with Crippen molar-refractivity contribution in [3.8, 4) is 11.3 Å². The number of hydrogen-bond donors (Lipinski definition) is 2. The van der Waals surface area contributed by atoms with Gasteiger partial charge in [0.1, 0.15) is 11.6 Å². The zero-order valence-corrected chi connectivity index (χ0v) is 18.7. The molecule has 9 heteroatoms. The van der Waals surface area contributed by atoms with Crippen LogP contribution in [0.1, 0.15) is 25.0 Å². The standard InChI is InChI=1S/C23H24N3O5P/c1-3-30-32(28,31-4-2)15-16-7-9-18(10-8-16)24-14-20-19-12-17(21-6-5-11-29-21)13-25-22(19)26-23(20)27/h5-14,24H,3-4,15H2,1-2H3,(H,25,26,27)/b20-14-. The lowest BCUT2D eigenvalue weighted by Crippen LogP contribution is -2.05. The summed E-state index contributed by atoms with van der Waals surface area (Å²) in [6, 6.07) is 12.9. The molecule has 0 bridgehead atoms. The van der Waals surface area contributed by atoms with Crippen LogP contribution in [-0.4, -0.2) is 24.1 Å². The number of carbonyl (C=O) groups excluding carboxylic acids is 1. The quantitative estimate of drug-likeness (QED) is 0.325. The molecule has 4 rings (SSSR count). The number of amides is 1. The maximum absolute atomic E-state index is 12.7. The first-order chi connectivity index (χ1) is 15.5. The zero-order valence-electron chi connectivity index (χ0n) is 17.8. The van der Waals surface area contributed by atoms with Crippen LogP contribution >= 0.6 is 7.60 Å². The third-order valence-electron chi connectivity index (χ3n) is 4.83. The first-order valence-electron chi connectivity index (χ1n) is 10.3. The van der Waals surface area contributed by atoms with E-state index < -0.39 is 7.60 Å². The second kappa shape index (κ2) is 9.53. The summed E-state index contributed by atoms with van der Waals surface area (Å²) in [6.45, 7) is 4.22. The zero-order chi connectivity index (χ0) is 22.6. The summed E-state index contributed by atoms with van der Waals surface area (Å²) < 4.78 is 28.8. The average Bonchev–Trinajstić information content (AvgIpc) is 3.41. The van der Waals surface area contributed by atoms with Gasteiger partial charge < -0.3 is 24.1 Å². The second-order valence-corrected chi connectivity index (χ2v) is 9.11. The lowest BCUT2D eigenvalue weighted by molar-refractivity contribution is -0.110. The molecule has 8 nitrogen and oxygen atoms in total. The van der Waals surface area contributed by atoms with E-state index in [-0.39, 0.29) is 12.1 Å². The van der Waals surface area contributed by atoms with Crippen LogP contribution in [0.25, 0.3) is 16.9 Å². The minimum atomic E-state index is -3.16. The third kappa shape index (κ3) is 4.83. The lowest BCUT2D eigenvalue weighted by atomic mass is 10.1. The Labute approximate surface area is 186 Å². The van der Waals surface area contributed by atoms with E-state index >= 15 is 0 Å². The Morgan fingerprint density at radius 3 is 2.56 bits per heavy atom. The van der Waals surface area contributed by atoms with Gasteiger partial charge in [0, 0.05) is 29.2 Å². The van der Waals surface area contributed by atoms with Crippen molar-refractivity contribution in [1.29, 1.82) is 0 Å². The molecule has 166 valence electrons. The molecule has 0 saturated carbocycles. The molecule has 32 heavy (non-hydrogen) atoms. The summed E-state index contributed by atoms with van der Waals surface area (Å²) in [4.78, 5) is 16.8. The molecule has 3 heterocycles. The third-order valence-corrected chi connectivity index (χ3v) is 6.88. The smallest absolute Gasteiger partial charge is 0.335 e. The summed E-state index contributed by atoms with van der Waals surface area (Å²) in [5, 5.41) is 5.91. The number of nitrogens with zero attached hydrogens (tertiary/aromatic N) is 1. The Morgan fingerprint density at radius 1 is 1.16 bits per heavy atom. The van der Waals surface area contributed by atoms with Gasteiger partial charge in [-0.05, 0) is 49.7 Å².